The molecule has 128 valence electrons. The maximum Gasteiger partial charge on any atom is 0.237 e. The van der Waals surface area contributed by atoms with E-state index in [1.165, 1.54) is 30.0 Å². The van der Waals surface area contributed by atoms with Crippen LogP contribution < -0.4 is 5.32 Å². The van der Waals surface area contributed by atoms with Crippen LogP contribution in [0.25, 0.3) is 0 Å². The molecule has 7 heteroatoms. The molecule has 0 aromatic heterocycles. The highest BCUT2D eigenvalue weighted by Crippen LogP contribution is 2.29. The van der Waals surface area contributed by atoms with Crippen LogP contribution in [0.1, 0.15) is 13.8 Å². The molecule has 0 saturated heterocycles. The first kappa shape index (κ1) is 18.4. The Balaban J connectivity index is 2.15. The number of phenolic OH excluding ortho intramolecular Hbond substituents is 1. The van der Waals surface area contributed by atoms with Gasteiger partial charge in [0.25, 0.3) is 0 Å². The van der Waals surface area contributed by atoms with Gasteiger partial charge in [0.2, 0.25) is 5.91 Å². The topological polar surface area (TPSA) is 83.5 Å². The minimum atomic E-state index is -3.41. The lowest BCUT2D eigenvalue weighted by atomic mass is 10.3. The zero-order valence-corrected chi connectivity index (χ0v) is 15.0. The molecule has 0 spiro atoms. The number of thioether (sulfide) groups is 1. The van der Waals surface area contributed by atoms with Crippen LogP contribution in [0.15, 0.2) is 58.3 Å². The Morgan fingerprint density at radius 2 is 1.88 bits per heavy atom. The number of phenols is 1. The molecular weight excluding hydrogens is 346 g/mol. The number of carbonyl (C=O) groups is 1. The summed E-state index contributed by atoms with van der Waals surface area (Å²) in [5.74, 6) is -0.536. The van der Waals surface area contributed by atoms with Crippen molar-refractivity contribution < 1.29 is 18.3 Å². The zero-order chi connectivity index (χ0) is 17.7. The van der Waals surface area contributed by atoms with Gasteiger partial charge in [-0.2, -0.15) is 0 Å². The van der Waals surface area contributed by atoms with E-state index < -0.39 is 15.1 Å². The van der Waals surface area contributed by atoms with Crippen LogP contribution in [0.2, 0.25) is 0 Å². The molecule has 1 atom stereocenters. The van der Waals surface area contributed by atoms with Crippen molar-refractivity contribution in [1.29, 1.82) is 0 Å². The van der Waals surface area contributed by atoms with Gasteiger partial charge in [0.05, 0.1) is 21.6 Å². The molecule has 2 aromatic rings. The minimum Gasteiger partial charge on any atom is -0.506 e. The summed E-state index contributed by atoms with van der Waals surface area (Å²) < 4.78 is 23.9. The smallest absolute Gasteiger partial charge is 0.237 e. The second kappa shape index (κ2) is 7.72. The molecule has 2 N–H and O–H groups in total. The number of benzene rings is 2. The Kier molecular flexibility index (Phi) is 5.90. The SMILES string of the molecule is CCS(=O)(=O)c1ccc(O)c(NC(=O)C(C)Sc2ccccc2)c1. The van der Waals surface area contributed by atoms with Crippen LogP contribution in [0, 0.1) is 0 Å². The maximum atomic E-state index is 12.3. The van der Waals surface area contributed by atoms with Crippen molar-refractivity contribution >= 4 is 33.2 Å². The molecule has 0 aliphatic heterocycles. The lowest BCUT2D eigenvalue weighted by molar-refractivity contribution is -0.115. The van der Waals surface area contributed by atoms with Gasteiger partial charge in [-0.25, -0.2) is 8.42 Å². The number of hydrogen-bond donors (Lipinski definition) is 2. The predicted molar refractivity (Wildman–Crippen MR) is 96.2 cm³/mol. The number of anilines is 1. The molecule has 0 bridgehead atoms. The van der Waals surface area contributed by atoms with Gasteiger partial charge in [0.15, 0.2) is 9.84 Å². The monoisotopic (exact) mass is 365 g/mol. The van der Waals surface area contributed by atoms with Crippen molar-refractivity contribution in [2.24, 2.45) is 0 Å². The Morgan fingerprint density at radius 3 is 2.50 bits per heavy atom. The van der Waals surface area contributed by atoms with E-state index in [-0.39, 0.29) is 28.0 Å². The highest BCUT2D eigenvalue weighted by Gasteiger charge is 2.18. The summed E-state index contributed by atoms with van der Waals surface area (Å²) >= 11 is 1.38. The van der Waals surface area contributed by atoms with Crippen LogP contribution >= 0.6 is 11.8 Å². The molecule has 0 radical (unpaired) electrons. The molecule has 1 amide bonds. The number of amides is 1. The summed E-state index contributed by atoms with van der Waals surface area (Å²) in [4.78, 5) is 13.3. The van der Waals surface area contributed by atoms with E-state index in [1.807, 2.05) is 30.3 Å². The number of sulfone groups is 1. The van der Waals surface area contributed by atoms with Gasteiger partial charge in [-0.1, -0.05) is 25.1 Å². The number of carbonyl (C=O) groups excluding carboxylic acids is 1. The number of rotatable bonds is 6. The highest BCUT2D eigenvalue weighted by atomic mass is 32.2. The fourth-order valence-electron chi connectivity index (χ4n) is 1.97. The molecule has 1 unspecified atom stereocenters. The Labute approximate surface area is 146 Å². The Bertz CT molecular complexity index is 820. The van der Waals surface area contributed by atoms with Gasteiger partial charge in [-0.3, -0.25) is 4.79 Å². The first-order chi connectivity index (χ1) is 11.3. The molecule has 0 aliphatic carbocycles. The van der Waals surface area contributed by atoms with Gasteiger partial charge < -0.3 is 10.4 Å². The first-order valence-corrected chi connectivity index (χ1v) is 9.95. The molecule has 24 heavy (non-hydrogen) atoms. The molecule has 0 aliphatic rings. The van der Waals surface area contributed by atoms with E-state index >= 15 is 0 Å². The largest absolute Gasteiger partial charge is 0.506 e. The van der Waals surface area contributed by atoms with Crippen molar-refractivity contribution in [3.8, 4) is 5.75 Å². The van der Waals surface area contributed by atoms with Gasteiger partial charge in [-0.15, -0.1) is 11.8 Å². The highest BCUT2D eigenvalue weighted by molar-refractivity contribution is 8.00. The summed E-state index contributed by atoms with van der Waals surface area (Å²) in [6.45, 7) is 3.29. The Morgan fingerprint density at radius 1 is 1.21 bits per heavy atom. The summed E-state index contributed by atoms with van der Waals surface area (Å²) in [5, 5.41) is 12.1. The third-order valence-corrected chi connectivity index (χ3v) is 6.23. The van der Waals surface area contributed by atoms with Gasteiger partial charge >= 0.3 is 0 Å². The van der Waals surface area contributed by atoms with Crippen LogP contribution in [-0.2, 0) is 14.6 Å². The summed E-state index contributed by atoms with van der Waals surface area (Å²) in [7, 11) is -3.41. The summed E-state index contributed by atoms with van der Waals surface area (Å²) in [5.41, 5.74) is 0.0926. The Hall–Kier alpha value is -1.99. The average Bonchev–Trinajstić information content (AvgIpc) is 2.57. The molecule has 0 fully saturated rings. The zero-order valence-electron chi connectivity index (χ0n) is 13.4. The third kappa shape index (κ3) is 4.52. The van der Waals surface area contributed by atoms with E-state index in [0.29, 0.717) is 0 Å². The summed E-state index contributed by atoms with van der Waals surface area (Å²) in [6, 6.07) is 13.4. The quantitative estimate of drug-likeness (QED) is 0.606. The maximum absolute atomic E-state index is 12.3. The lowest BCUT2D eigenvalue weighted by Crippen LogP contribution is -2.22. The van der Waals surface area contributed by atoms with Crippen molar-refractivity contribution in [2.45, 2.75) is 28.9 Å². The number of aromatic hydroxyl groups is 1. The average molecular weight is 365 g/mol. The van der Waals surface area contributed by atoms with E-state index in [1.54, 1.807) is 13.8 Å². The molecule has 0 heterocycles. The number of nitrogens with one attached hydrogen (secondary N) is 1. The van der Waals surface area contributed by atoms with E-state index in [0.717, 1.165) is 4.90 Å². The molecule has 5 nitrogen and oxygen atoms in total. The van der Waals surface area contributed by atoms with Crippen LogP contribution in [0.5, 0.6) is 5.75 Å². The normalized spacial score (nSPS) is 12.6. The second-order valence-corrected chi connectivity index (χ2v) is 8.84. The van der Waals surface area contributed by atoms with Gasteiger partial charge in [0.1, 0.15) is 5.75 Å². The first-order valence-electron chi connectivity index (χ1n) is 7.42. The molecule has 2 rings (SSSR count). The minimum absolute atomic E-state index is 0.0502. The lowest BCUT2D eigenvalue weighted by Gasteiger charge is -2.14. The summed E-state index contributed by atoms with van der Waals surface area (Å²) in [6.07, 6.45) is 0. The van der Waals surface area contributed by atoms with Crippen molar-refractivity contribution in [3.05, 3.63) is 48.5 Å². The van der Waals surface area contributed by atoms with E-state index in [2.05, 4.69) is 5.32 Å². The van der Waals surface area contributed by atoms with Crippen LogP contribution in [0.3, 0.4) is 0 Å². The molecule has 2 aromatic carbocycles. The number of hydrogen-bond acceptors (Lipinski definition) is 5. The molecule has 0 saturated carbocycles. The van der Waals surface area contributed by atoms with Crippen LogP contribution in [0.4, 0.5) is 5.69 Å². The van der Waals surface area contributed by atoms with Gasteiger partial charge in [0, 0.05) is 4.90 Å². The van der Waals surface area contributed by atoms with Gasteiger partial charge in [-0.05, 0) is 37.3 Å². The van der Waals surface area contributed by atoms with E-state index in [9.17, 15) is 18.3 Å². The second-order valence-electron chi connectivity index (χ2n) is 5.14. The fourth-order valence-corrected chi connectivity index (χ4v) is 3.76. The molecular formula is C17H19NO4S2. The van der Waals surface area contributed by atoms with Crippen molar-refractivity contribution in [2.75, 3.05) is 11.1 Å². The third-order valence-electron chi connectivity index (χ3n) is 3.39. The van der Waals surface area contributed by atoms with Crippen molar-refractivity contribution in [3.63, 3.8) is 0 Å². The van der Waals surface area contributed by atoms with Crippen LogP contribution in [-0.4, -0.2) is 30.4 Å². The fraction of sp³-hybridized carbons (Fsp3) is 0.235. The van der Waals surface area contributed by atoms with Crippen molar-refractivity contribution in [1.82, 2.24) is 0 Å². The predicted octanol–water partition coefficient (Wildman–Crippen LogP) is 3.31. The van der Waals surface area contributed by atoms with E-state index in [4.69, 9.17) is 0 Å². The standard InChI is InChI=1S/C17H19NO4S2/c1-3-24(21,22)14-9-10-16(19)15(11-14)18-17(20)12(2)23-13-7-5-4-6-8-13/h4-12,19H,3H2,1-2H3,(H,18,20).